The fourth-order valence-corrected chi connectivity index (χ4v) is 2.93. The Morgan fingerprint density at radius 1 is 1.28 bits per heavy atom. The van der Waals surface area contributed by atoms with Crippen molar-refractivity contribution in [2.45, 2.75) is 25.9 Å². The number of benzene rings is 1. The van der Waals surface area contributed by atoms with Crippen molar-refractivity contribution in [3.63, 3.8) is 0 Å². The molecule has 4 heteroatoms. The average molecular weight is 245 g/mol. The van der Waals surface area contributed by atoms with Crippen molar-refractivity contribution in [3.05, 3.63) is 24.3 Å². The van der Waals surface area contributed by atoms with Crippen molar-refractivity contribution in [1.29, 1.82) is 0 Å². The Balaban J connectivity index is 2.08. The molecule has 2 aliphatic rings. The fourth-order valence-electron chi connectivity index (χ4n) is 2.93. The molecule has 1 unspecified atom stereocenters. The standard InChI is InChI=1S/C14H19N3O/c1-10(2)16-9-11-7-15-8-14(18)17(11)13-6-4-3-5-12(13)16/h3-6,10-11,15H,7-9H2,1-2H3. The third-order valence-corrected chi connectivity index (χ3v) is 3.77. The summed E-state index contributed by atoms with van der Waals surface area (Å²) in [5.74, 6) is 0.183. The van der Waals surface area contributed by atoms with Gasteiger partial charge in [0.1, 0.15) is 0 Å². The van der Waals surface area contributed by atoms with E-state index in [0.717, 1.165) is 18.8 Å². The molecule has 2 aliphatic heterocycles. The number of amides is 1. The molecule has 0 aromatic heterocycles. The van der Waals surface area contributed by atoms with Crippen molar-refractivity contribution in [2.75, 3.05) is 29.4 Å². The largest absolute Gasteiger partial charge is 0.365 e. The van der Waals surface area contributed by atoms with E-state index in [0.29, 0.717) is 12.6 Å². The smallest absolute Gasteiger partial charge is 0.241 e. The maximum atomic E-state index is 12.1. The third kappa shape index (κ3) is 1.68. The van der Waals surface area contributed by atoms with E-state index < -0.39 is 0 Å². The van der Waals surface area contributed by atoms with E-state index in [4.69, 9.17) is 0 Å². The number of hydrogen-bond acceptors (Lipinski definition) is 3. The highest BCUT2D eigenvalue weighted by Gasteiger charge is 2.37. The first kappa shape index (κ1) is 11.5. The molecular formula is C14H19N3O. The van der Waals surface area contributed by atoms with Gasteiger partial charge < -0.3 is 15.1 Å². The molecule has 0 spiro atoms. The molecule has 1 aromatic carbocycles. The van der Waals surface area contributed by atoms with Gasteiger partial charge in [-0.2, -0.15) is 0 Å². The zero-order valence-electron chi connectivity index (χ0n) is 10.9. The molecule has 3 rings (SSSR count). The highest BCUT2D eigenvalue weighted by atomic mass is 16.2. The first-order valence-electron chi connectivity index (χ1n) is 6.57. The van der Waals surface area contributed by atoms with E-state index >= 15 is 0 Å². The molecule has 18 heavy (non-hydrogen) atoms. The molecule has 1 N–H and O–H groups in total. The minimum atomic E-state index is 0.183. The second-order valence-corrected chi connectivity index (χ2v) is 5.28. The second-order valence-electron chi connectivity index (χ2n) is 5.28. The zero-order chi connectivity index (χ0) is 12.7. The molecule has 0 aliphatic carbocycles. The van der Waals surface area contributed by atoms with Crippen LogP contribution in [0.4, 0.5) is 11.4 Å². The fraction of sp³-hybridized carbons (Fsp3) is 0.500. The Morgan fingerprint density at radius 2 is 2.00 bits per heavy atom. The summed E-state index contributed by atoms with van der Waals surface area (Å²) in [6.07, 6.45) is 0. The molecule has 1 amide bonds. The highest BCUT2D eigenvalue weighted by molar-refractivity contribution is 6.00. The van der Waals surface area contributed by atoms with Gasteiger partial charge in [-0.25, -0.2) is 0 Å². The molecule has 1 aromatic rings. The number of hydrogen-bond donors (Lipinski definition) is 1. The van der Waals surface area contributed by atoms with Gasteiger partial charge in [-0.3, -0.25) is 4.79 Å². The minimum Gasteiger partial charge on any atom is -0.365 e. The van der Waals surface area contributed by atoms with Crippen LogP contribution < -0.4 is 15.1 Å². The minimum absolute atomic E-state index is 0.183. The van der Waals surface area contributed by atoms with Crippen LogP contribution in [0, 0.1) is 0 Å². The molecular weight excluding hydrogens is 226 g/mol. The summed E-state index contributed by atoms with van der Waals surface area (Å²) in [6.45, 7) is 6.64. The van der Waals surface area contributed by atoms with Crippen molar-refractivity contribution in [1.82, 2.24) is 5.32 Å². The predicted molar refractivity (Wildman–Crippen MR) is 73.1 cm³/mol. The molecule has 1 saturated heterocycles. The lowest BCUT2D eigenvalue weighted by molar-refractivity contribution is -0.119. The normalized spacial score (nSPS) is 23.1. The lowest BCUT2D eigenvalue weighted by atomic mass is 10.0. The first-order chi connectivity index (χ1) is 8.68. The number of carbonyl (C=O) groups is 1. The van der Waals surface area contributed by atoms with Crippen LogP contribution in [0.15, 0.2) is 24.3 Å². The topological polar surface area (TPSA) is 35.6 Å². The Kier molecular flexibility index (Phi) is 2.74. The summed E-state index contributed by atoms with van der Waals surface area (Å²) >= 11 is 0. The molecule has 1 atom stereocenters. The Labute approximate surface area is 108 Å². The number of anilines is 2. The summed E-state index contributed by atoms with van der Waals surface area (Å²) in [5.41, 5.74) is 2.24. The molecule has 0 bridgehead atoms. The second kappa shape index (κ2) is 4.28. The van der Waals surface area contributed by atoms with Gasteiger partial charge in [-0.15, -0.1) is 0 Å². The van der Waals surface area contributed by atoms with E-state index in [1.54, 1.807) is 0 Å². The van der Waals surface area contributed by atoms with Crippen LogP contribution in [-0.2, 0) is 4.79 Å². The SMILES string of the molecule is CC(C)N1CC2CNCC(=O)N2c2ccccc21. The molecule has 0 saturated carbocycles. The zero-order valence-corrected chi connectivity index (χ0v) is 10.9. The molecule has 2 heterocycles. The summed E-state index contributed by atoms with van der Waals surface area (Å²) < 4.78 is 0. The summed E-state index contributed by atoms with van der Waals surface area (Å²) in [6, 6.07) is 8.92. The van der Waals surface area contributed by atoms with Gasteiger partial charge >= 0.3 is 0 Å². The van der Waals surface area contributed by atoms with Gasteiger partial charge in [0.05, 0.1) is 24.0 Å². The van der Waals surface area contributed by atoms with Crippen molar-refractivity contribution >= 4 is 17.3 Å². The van der Waals surface area contributed by atoms with Gasteiger partial charge in [-0.1, -0.05) is 12.1 Å². The van der Waals surface area contributed by atoms with Crippen LogP contribution in [0.25, 0.3) is 0 Å². The number of rotatable bonds is 1. The van der Waals surface area contributed by atoms with E-state index in [1.165, 1.54) is 5.69 Å². The monoisotopic (exact) mass is 245 g/mol. The van der Waals surface area contributed by atoms with Crippen LogP contribution in [-0.4, -0.2) is 37.6 Å². The van der Waals surface area contributed by atoms with Crippen molar-refractivity contribution in [3.8, 4) is 0 Å². The number of piperazine rings is 1. The first-order valence-corrected chi connectivity index (χ1v) is 6.57. The molecule has 1 fully saturated rings. The Bertz CT molecular complexity index is 472. The quantitative estimate of drug-likeness (QED) is 0.808. The molecule has 96 valence electrons. The van der Waals surface area contributed by atoms with E-state index in [2.05, 4.69) is 36.2 Å². The van der Waals surface area contributed by atoms with Gasteiger partial charge in [0.15, 0.2) is 0 Å². The van der Waals surface area contributed by atoms with Crippen LogP contribution in [0.3, 0.4) is 0 Å². The van der Waals surface area contributed by atoms with Crippen LogP contribution in [0.5, 0.6) is 0 Å². The predicted octanol–water partition coefficient (Wildman–Crippen LogP) is 1.22. The number of nitrogens with zero attached hydrogens (tertiary/aromatic N) is 2. The third-order valence-electron chi connectivity index (χ3n) is 3.77. The number of nitrogens with one attached hydrogen (secondary N) is 1. The lowest BCUT2D eigenvalue weighted by Gasteiger charge is -2.47. The summed E-state index contributed by atoms with van der Waals surface area (Å²) in [4.78, 5) is 16.5. The van der Waals surface area contributed by atoms with Crippen LogP contribution in [0.2, 0.25) is 0 Å². The van der Waals surface area contributed by atoms with Gasteiger partial charge in [-0.05, 0) is 26.0 Å². The van der Waals surface area contributed by atoms with Gasteiger partial charge in [0, 0.05) is 19.1 Å². The Morgan fingerprint density at radius 3 is 2.72 bits per heavy atom. The summed E-state index contributed by atoms with van der Waals surface area (Å²) in [5, 5.41) is 3.21. The van der Waals surface area contributed by atoms with Crippen molar-refractivity contribution < 1.29 is 4.79 Å². The maximum absolute atomic E-state index is 12.1. The van der Waals surface area contributed by atoms with Crippen molar-refractivity contribution in [2.24, 2.45) is 0 Å². The number of fused-ring (bicyclic) bond motifs is 3. The number of carbonyl (C=O) groups excluding carboxylic acids is 1. The molecule has 4 nitrogen and oxygen atoms in total. The Hall–Kier alpha value is -1.55. The van der Waals surface area contributed by atoms with Crippen LogP contribution in [0.1, 0.15) is 13.8 Å². The average Bonchev–Trinajstić information content (AvgIpc) is 2.37. The van der Waals surface area contributed by atoms with E-state index in [1.807, 2.05) is 17.0 Å². The van der Waals surface area contributed by atoms with Gasteiger partial charge in [0.2, 0.25) is 5.91 Å². The highest BCUT2D eigenvalue weighted by Crippen LogP contribution is 2.36. The number of para-hydroxylation sites is 2. The summed E-state index contributed by atoms with van der Waals surface area (Å²) in [7, 11) is 0. The van der Waals surface area contributed by atoms with E-state index in [9.17, 15) is 4.79 Å². The maximum Gasteiger partial charge on any atom is 0.241 e. The van der Waals surface area contributed by atoms with Gasteiger partial charge in [0.25, 0.3) is 0 Å². The van der Waals surface area contributed by atoms with E-state index in [-0.39, 0.29) is 11.9 Å². The molecule has 0 radical (unpaired) electrons. The van der Waals surface area contributed by atoms with Crippen LogP contribution >= 0.6 is 0 Å². The lowest BCUT2D eigenvalue weighted by Crippen LogP contribution is -2.62.